The largest absolute Gasteiger partial charge is 0.387 e. The van der Waals surface area contributed by atoms with E-state index in [4.69, 9.17) is 0 Å². The Morgan fingerprint density at radius 3 is 2.82 bits per heavy atom. The van der Waals surface area contributed by atoms with Crippen molar-refractivity contribution in [3.63, 3.8) is 0 Å². The summed E-state index contributed by atoms with van der Waals surface area (Å²) in [5, 5.41) is 11.5. The Morgan fingerprint density at radius 2 is 2.18 bits per heavy atom. The summed E-state index contributed by atoms with van der Waals surface area (Å²) in [4.78, 5) is 3.78. The SMILES string of the molecule is CC1SCC(C(O)c2cncc(F)c2)SC1C. The third kappa shape index (κ3) is 3.14. The molecule has 1 fully saturated rings. The van der Waals surface area contributed by atoms with Crippen LogP contribution >= 0.6 is 23.5 Å². The van der Waals surface area contributed by atoms with E-state index in [1.165, 1.54) is 6.07 Å². The summed E-state index contributed by atoms with van der Waals surface area (Å²) in [6, 6.07) is 1.37. The highest BCUT2D eigenvalue weighted by molar-refractivity contribution is 8.07. The molecule has 94 valence electrons. The lowest BCUT2D eigenvalue weighted by molar-refractivity contribution is 0.179. The molecule has 0 aromatic carbocycles. The topological polar surface area (TPSA) is 33.1 Å². The van der Waals surface area contributed by atoms with E-state index < -0.39 is 11.9 Å². The molecule has 2 heterocycles. The maximum Gasteiger partial charge on any atom is 0.141 e. The number of hydrogen-bond acceptors (Lipinski definition) is 4. The van der Waals surface area contributed by atoms with Crippen LogP contribution < -0.4 is 0 Å². The third-order valence-corrected chi connectivity index (χ3v) is 6.47. The Bertz CT molecular complexity index is 391. The predicted octanol–water partition coefficient (Wildman–Crippen LogP) is 2.88. The van der Waals surface area contributed by atoms with Crippen LogP contribution in [-0.4, -0.2) is 31.6 Å². The van der Waals surface area contributed by atoms with E-state index in [1.807, 2.05) is 11.8 Å². The first-order valence-electron chi connectivity index (χ1n) is 5.63. The van der Waals surface area contributed by atoms with E-state index in [1.54, 1.807) is 18.0 Å². The van der Waals surface area contributed by atoms with Gasteiger partial charge in [-0.1, -0.05) is 13.8 Å². The molecule has 0 bridgehead atoms. The second kappa shape index (κ2) is 5.59. The van der Waals surface area contributed by atoms with Crippen molar-refractivity contribution in [1.29, 1.82) is 0 Å². The number of pyridine rings is 1. The van der Waals surface area contributed by atoms with Crippen molar-refractivity contribution in [3.8, 4) is 0 Å². The van der Waals surface area contributed by atoms with Gasteiger partial charge in [-0.3, -0.25) is 4.98 Å². The minimum atomic E-state index is -0.634. The maximum absolute atomic E-state index is 13.0. The summed E-state index contributed by atoms with van der Waals surface area (Å²) >= 11 is 3.65. The number of thioether (sulfide) groups is 2. The van der Waals surface area contributed by atoms with Gasteiger partial charge in [-0.25, -0.2) is 4.39 Å². The lowest BCUT2D eigenvalue weighted by atomic mass is 10.1. The monoisotopic (exact) mass is 273 g/mol. The highest BCUT2D eigenvalue weighted by Gasteiger charge is 2.31. The Morgan fingerprint density at radius 1 is 1.41 bits per heavy atom. The molecule has 0 saturated carbocycles. The molecule has 0 radical (unpaired) electrons. The molecule has 17 heavy (non-hydrogen) atoms. The van der Waals surface area contributed by atoms with Crippen LogP contribution in [0.1, 0.15) is 25.5 Å². The maximum atomic E-state index is 13.0. The van der Waals surface area contributed by atoms with Gasteiger partial charge in [0, 0.05) is 33.3 Å². The molecule has 1 aliphatic rings. The molecule has 1 saturated heterocycles. The molecule has 4 unspecified atom stereocenters. The number of aromatic nitrogens is 1. The molecule has 0 amide bonds. The van der Waals surface area contributed by atoms with Crippen LogP contribution in [0.3, 0.4) is 0 Å². The zero-order valence-corrected chi connectivity index (χ0v) is 11.5. The van der Waals surface area contributed by atoms with Crippen molar-refractivity contribution in [2.75, 3.05) is 5.75 Å². The molecule has 0 aliphatic carbocycles. The molecule has 1 aromatic heterocycles. The summed E-state index contributed by atoms with van der Waals surface area (Å²) < 4.78 is 13.0. The first-order valence-corrected chi connectivity index (χ1v) is 7.62. The normalized spacial score (nSPS) is 31.2. The summed E-state index contributed by atoms with van der Waals surface area (Å²) in [6.45, 7) is 4.37. The minimum Gasteiger partial charge on any atom is -0.387 e. The highest BCUT2D eigenvalue weighted by atomic mass is 32.2. The molecular weight excluding hydrogens is 257 g/mol. The zero-order chi connectivity index (χ0) is 12.4. The minimum absolute atomic E-state index is 0.120. The first-order chi connectivity index (χ1) is 8.08. The van der Waals surface area contributed by atoms with E-state index in [0.29, 0.717) is 16.1 Å². The van der Waals surface area contributed by atoms with Gasteiger partial charge < -0.3 is 5.11 Å². The lowest BCUT2D eigenvalue weighted by Gasteiger charge is -2.33. The van der Waals surface area contributed by atoms with Crippen molar-refractivity contribution in [2.45, 2.75) is 35.7 Å². The van der Waals surface area contributed by atoms with E-state index in [-0.39, 0.29) is 5.25 Å². The number of hydrogen-bond donors (Lipinski definition) is 1. The molecule has 2 rings (SSSR count). The summed E-state index contributed by atoms with van der Waals surface area (Å²) in [5.74, 6) is 0.504. The third-order valence-electron chi connectivity index (χ3n) is 2.99. The van der Waals surface area contributed by atoms with Gasteiger partial charge in [0.1, 0.15) is 5.82 Å². The Hall–Kier alpha value is -0.260. The molecule has 1 N–H and O–H groups in total. The Balaban J connectivity index is 2.07. The molecule has 5 heteroatoms. The fourth-order valence-corrected chi connectivity index (χ4v) is 4.78. The fraction of sp³-hybridized carbons (Fsp3) is 0.583. The number of aliphatic hydroxyl groups is 1. The van der Waals surface area contributed by atoms with Crippen LogP contribution in [-0.2, 0) is 0 Å². The van der Waals surface area contributed by atoms with Crippen LogP contribution in [0.25, 0.3) is 0 Å². The van der Waals surface area contributed by atoms with Crippen molar-refractivity contribution in [2.24, 2.45) is 0 Å². The van der Waals surface area contributed by atoms with Crippen LogP contribution in [0.2, 0.25) is 0 Å². The van der Waals surface area contributed by atoms with Crippen LogP contribution in [0, 0.1) is 5.82 Å². The molecule has 1 aliphatic heterocycles. The smallest absolute Gasteiger partial charge is 0.141 e. The molecule has 2 nitrogen and oxygen atoms in total. The number of nitrogens with zero attached hydrogens (tertiary/aromatic N) is 1. The predicted molar refractivity (Wildman–Crippen MR) is 71.9 cm³/mol. The fourth-order valence-electron chi connectivity index (χ4n) is 1.78. The number of rotatable bonds is 2. The molecule has 4 atom stereocenters. The summed E-state index contributed by atoms with van der Waals surface area (Å²) in [7, 11) is 0. The van der Waals surface area contributed by atoms with Gasteiger partial charge in [0.25, 0.3) is 0 Å². The lowest BCUT2D eigenvalue weighted by Crippen LogP contribution is -2.30. The van der Waals surface area contributed by atoms with E-state index in [9.17, 15) is 9.50 Å². The van der Waals surface area contributed by atoms with Gasteiger partial charge in [-0.2, -0.15) is 23.5 Å². The Labute approximate surface area is 109 Å². The van der Waals surface area contributed by atoms with Crippen LogP contribution in [0.5, 0.6) is 0 Å². The van der Waals surface area contributed by atoms with Crippen molar-refractivity contribution in [3.05, 3.63) is 29.8 Å². The van der Waals surface area contributed by atoms with Gasteiger partial charge in [-0.05, 0) is 6.07 Å². The first kappa shape index (κ1) is 13.2. The summed E-state index contributed by atoms with van der Waals surface area (Å²) in [5.41, 5.74) is 0.574. The van der Waals surface area contributed by atoms with Gasteiger partial charge in [0.15, 0.2) is 0 Å². The molecule has 1 aromatic rings. The summed E-state index contributed by atoms with van der Waals surface area (Å²) in [6.07, 6.45) is 2.07. The van der Waals surface area contributed by atoms with Crippen molar-refractivity contribution in [1.82, 2.24) is 4.98 Å². The average Bonchev–Trinajstić information content (AvgIpc) is 2.32. The van der Waals surface area contributed by atoms with Gasteiger partial charge >= 0.3 is 0 Å². The van der Waals surface area contributed by atoms with E-state index in [2.05, 4.69) is 18.8 Å². The second-order valence-corrected chi connectivity index (χ2v) is 7.33. The second-order valence-electron chi connectivity index (χ2n) is 4.30. The van der Waals surface area contributed by atoms with Crippen molar-refractivity contribution >= 4 is 23.5 Å². The van der Waals surface area contributed by atoms with Crippen LogP contribution in [0.15, 0.2) is 18.5 Å². The molecule has 0 spiro atoms. The standard InChI is InChI=1S/C12H16FNOS2/c1-7-8(2)17-11(6-16-7)12(15)9-3-10(13)5-14-4-9/h3-5,7-8,11-12,15H,6H2,1-2H3. The quantitative estimate of drug-likeness (QED) is 0.898. The number of halogens is 1. The van der Waals surface area contributed by atoms with Gasteiger partial charge in [0.2, 0.25) is 0 Å². The van der Waals surface area contributed by atoms with E-state index >= 15 is 0 Å². The highest BCUT2D eigenvalue weighted by Crippen LogP contribution is 2.40. The van der Waals surface area contributed by atoms with E-state index in [0.717, 1.165) is 11.9 Å². The average molecular weight is 273 g/mol. The van der Waals surface area contributed by atoms with Gasteiger partial charge in [0.05, 0.1) is 12.3 Å². The number of aliphatic hydroxyl groups excluding tert-OH is 1. The van der Waals surface area contributed by atoms with Crippen molar-refractivity contribution < 1.29 is 9.50 Å². The zero-order valence-electron chi connectivity index (χ0n) is 9.84. The molecular formula is C12H16FNOS2. The van der Waals surface area contributed by atoms with Gasteiger partial charge in [-0.15, -0.1) is 0 Å². The Kier molecular flexibility index (Phi) is 4.33. The van der Waals surface area contributed by atoms with Crippen LogP contribution in [0.4, 0.5) is 4.39 Å².